The van der Waals surface area contributed by atoms with E-state index in [9.17, 15) is 0 Å². The van der Waals surface area contributed by atoms with Crippen LogP contribution < -0.4 is 0 Å². The fourth-order valence-electron chi connectivity index (χ4n) is 4.91. The first-order valence-corrected chi connectivity index (χ1v) is 10.8. The molecule has 7 aromatic rings. The quantitative estimate of drug-likeness (QED) is 0.315. The molecule has 4 aromatic carbocycles. The van der Waals surface area contributed by atoms with Crippen LogP contribution in [0.25, 0.3) is 60.6 Å². The number of nitrogens with zero attached hydrogens (tertiary/aromatic N) is 2. The van der Waals surface area contributed by atoms with Gasteiger partial charge >= 0.3 is 0 Å². The Morgan fingerprint density at radius 3 is 2.25 bits per heavy atom. The molecule has 150 valence electrons. The second kappa shape index (κ2) is 6.56. The number of hydrogen-bond acceptors (Lipinski definition) is 1. The van der Waals surface area contributed by atoms with Gasteiger partial charge in [-0.05, 0) is 59.7 Å². The lowest BCUT2D eigenvalue weighted by atomic mass is 10.0. The van der Waals surface area contributed by atoms with Crippen molar-refractivity contribution in [3.05, 3.63) is 109 Å². The molecule has 0 aliphatic carbocycles. The second-order valence-corrected chi connectivity index (χ2v) is 8.20. The summed E-state index contributed by atoms with van der Waals surface area (Å²) in [6.45, 7) is 0. The molecule has 3 heteroatoms. The van der Waals surface area contributed by atoms with Crippen LogP contribution >= 0.6 is 0 Å². The topological polar surface area (TPSA) is 33.6 Å². The molecular formula is C29H19N3. The number of nitrogens with one attached hydrogen (secondary N) is 1. The van der Waals surface area contributed by atoms with E-state index in [2.05, 4.69) is 112 Å². The van der Waals surface area contributed by atoms with Crippen molar-refractivity contribution in [3.63, 3.8) is 0 Å². The van der Waals surface area contributed by atoms with Gasteiger partial charge in [0, 0.05) is 38.9 Å². The first-order chi connectivity index (χ1) is 15.9. The van der Waals surface area contributed by atoms with Crippen molar-refractivity contribution in [3.8, 4) is 16.8 Å². The summed E-state index contributed by atoms with van der Waals surface area (Å²) in [5.74, 6) is 0. The lowest BCUT2D eigenvalue weighted by Gasteiger charge is -2.09. The van der Waals surface area contributed by atoms with Gasteiger partial charge in [-0.2, -0.15) is 0 Å². The van der Waals surface area contributed by atoms with Crippen molar-refractivity contribution >= 4 is 43.7 Å². The number of fused-ring (bicyclic) bond motifs is 6. The van der Waals surface area contributed by atoms with Gasteiger partial charge in [0.25, 0.3) is 0 Å². The molecule has 0 spiro atoms. The van der Waals surface area contributed by atoms with Gasteiger partial charge in [-0.25, -0.2) is 4.98 Å². The Hall–Kier alpha value is -4.37. The maximum atomic E-state index is 4.47. The molecule has 0 unspecified atom stereocenters. The Bertz CT molecular complexity index is 1770. The summed E-state index contributed by atoms with van der Waals surface area (Å²) in [4.78, 5) is 7.89. The number of rotatable bonds is 2. The van der Waals surface area contributed by atoms with Crippen molar-refractivity contribution in [2.45, 2.75) is 0 Å². The predicted molar refractivity (Wildman–Crippen MR) is 133 cm³/mol. The summed E-state index contributed by atoms with van der Waals surface area (Å²) in [6.07, 6.45) is 1.83. The van der Waals surface area contributed by atoms with Crippen LogP contribution in [-0.2, 0) is 0 Å². The molecule has 0 saturated heterocycles. The summed E-state index contributed by atoms with van der Waals surface area (Å²) in [6, 6.07) is 36.8. The highest BCUT2D eigenvalue weighted by molar-refractivity contribution is 6.11. The van der Waals surface area contributed by atoms with E-state index in [1.54, 1.807) is 0 Å². The predicted octanol–water partition coefficient (Wildman–Crippen LogP) is 7.48. The third-order valence-electron chi connectivity index (χ3n) is 6.39. The van der Waals surface area contributed by atoms with E-state index in [1.807, 2.05) is 12.3 Å². The number of H-pyrrole nitrogens is 1. The Labute approximate surface area is 184 Å². The van der Waals surface area contributed by atoms with Gasteiger partial charge in [0.05, 0.1) is 11.0 Å². The largest absolute Gasteiger partial charge is 0.339 e. The number of aromatic amines is 1. The fraction of sp³-hybridized carbons (Fsp3) is 0. The van der Waals surface area contributed by atoms with Crippen LogP contribution in [0.5, 0.6) is 0 Å². The maximum absolute atomic E-state index is 4.47. The van der Waals surface area contributed by atoms with Gasteiger partial charge in [0.2, 0.25) is 0 Å². The molecule has 3 aromatic heterocycles. The zero-order valence-electron chi connectivity index (χ0n) is 17.3. The van der Waals surface area contributed by atoms with E-state index in [1.165, 1.54) is 44.0 Å². The SMILES string of the molecule is c1ccc(-n2c3ccccc3c3ccc(-c4ccc5[nH]c6ncccc6c5c4)cc32)cc1. The average molecular weight is 409 g/mol. The van der Waals surface area contributed by atoms with E-state index in [4.69, 9.17) is 0 Å². The fourth-order valence-corrected chi connectivity index (χ4v) is 4.91. The molecule has 1 N–H and O–H groups in total. The lowest BCUT2D eigenvalue weighted by molar-refractivity contribution is 1.18. The number of aromatic nitrogens is 3. The zero-order chi connectivity index (χ0) is 21.1. The molecule has 0 radical (unpaired) electrons. The highest BCUT2D eigenvalue weighted by atomic mass is 15.0. The van der Waals surface area contributed by atoms with Crippen molar-refractivity contribution in [1.82, 2.24) is 14.5 Å². The Morgan fingerprint density at radius 1 is 0.562 bits per heavy atom. The molecular weight excluding hydrogens is 390 g/mol. The van der Waals surface area contributed by atoms with Crippen LogP contribution in [0, 0.1) is 0 Å². The van der Waals surface area contributed by atoms with Gasteiger partial charge < -0.3 is 9.55 Å². The van der Waals surface area contributed by atoms with Crippen molar-refractivity contribution < 1.29 is 0 Å². The summed E-state index contributed by atoms with van der Waals surface area (Å²) < 4.78 is 2.36. The molecule has 0 atom stereocenters. The third kappa shape index (κ3) is 2.45. The molecule has 0 amide bonds. The van der Waals surface area contributed by atoms with Crippen LogP contribution in [-0.4, -0.2) is 14.5 Å². The maximum Gasteiger partial charge on any atom is 0.138 e. The molecule has 0 saturated carbocycles. The van der Waals surface area contributed by atoms with Gasteiger partial charge in [-0.3, -0.25) is 0 Å². The molecule has 0 fully saturated rings. The molecule has 7 rings (SSSR count). The van der Waals surface area contributed by atoms with Gasteiger partial charge in [-0.1, -0.05) is 54.6 Å². The van der Waals surface area contributed by atoms with Gasteiger partial charge in [0.1, 0.15) is 5.65 Å². The van der Waals surface area contributed by atoms with Crippen molar-refractivity contribution in [1.29, 1.82) is 0 Å². The Balaban J connectivity index is 1.51. The molecule has 0 aliphatic heterocycles. The van der Waals surface area contributed by atoms with Crippen LogP contribution in [0.4, 0.5) is 0 Å². The zero-order valence-corrected chi connectivity index (χ0v) is 17.3. The molecule has 32 heavy (non-hydrogen) atoms. The lowest BCUT2D eigenvalue weighted by Crippen LogP contribution is -1.93. The van der Waals surface area contributed by atoms with Gasteiger partial charge in [-0.15, -0.1) is 0 Å². The van der Waals surface area contributed by atoms with Crippen LogP contribution in [0.2, 0.25) is 0 Å². The molecule has 3 heterocycles. The molecule has 0 bridgehead atoms. The molecule has 3 nitrogen and oxygen atoms in total. The minimum Gasteiger partial charge on any atom is -0.339 e. The van der Waals surface area contributed by atoms with Crippen LogP contribution in [0.15, 0.2) is 109 Å². The number of pyridine rings is 1. The summed E-state index contributed by atoms with van der Waals surface area (Å²) >= 11 is 0. The van der Waals surface area contributed by atoms with Crippen molar-refractivity contribution in [2.75, 3.05) is 0 Å². The average Bonchev–Trinajstić information content (AvgIpc) is 3.39. The minimum atomic E-state index is 0.930. The number of benzene rings is 4. The van der Waals surface area contributed by atoms with E-state index >= 15 is 0 Å². The Morgan fingerprint density at radius 2 is 1.31 bits per heavy atom. The first-order valence-electron chi connectivity index (χ1n) is 10.8. The van der Waals surface area contributed by atoms with E-state index < -0.39 is 0 Å². The second-order valence-electron chi connectivity index (χ2n) is 8.20. The molecule has 0 aliphatic rings. The highest BCUT2D eigenvalue weighted by Crippen LogP contribution is 2.36. The summed E-state index contributed by atoms with van der Waals surface area (Å²) in [5, 5.41) is 4.90. The summed E-state index contributed by atoms with van der Waals surface area (Å²) in [5.41, 5.74) is 8.07. The first kappa shape index (κ1) is 17.3. The van der Waals surface area contributed by atoms with E-state index in [0.29, 0.717) is 0 Å². The number of hydrogen-bond donors (Lipinski definition) is 1. The normalized spacial score (nSPS) is 11.8. The third-order valence-corrected chi connectivity index (χ3v) is 6.39. The van der Waals surface area contributed by atoms with Crippen LogP contribution in [0.1, 0.15) is 0 Å². The Kier molecular flexibility index (Phi) is 3.55. The van der Waals surface area contributed by atoms with Crippen molar-refractivity contribution in [2.24, 2.45) is 0 Å². The van der Waals surface area contributed by atoms with Gasteiger partial charge in [0.15, 0.2) is 0 Å². The number of para-hydroxylation sites is 2. The summed E-state index contributed by atoms with van der Waals surface area (Å²) in [7, 11) is 0. The van der Waals surface area contributed by atoms with E-state index in [0.717, 1.165) is 16.6 Å². The minimum absolute atomic E-state index is 0.930. The standard InChI is InChI=1S/C29H19N3/c1-2-7-21(8-3-1)32-27-11-5-4-9-22(27)23-14-12-20(18-28(23)32)19-13-15-26-25(17-19)24-10-6-16-30-29(24)31-26/h1-18H,(H,30,31). The highest BCUT2D eigenvalue weighted by Gasteiger charge is 2.13. The smallest absolute Gasteiger partial charge is 0.138 e. The van der Waals surface area contributed by atoms with Crippen LogP contribution in [0.3, 0.4) is 0 Å². The monoisotopic (exact) mass is 409 g/mol. The van der Waals surface area contributed by atoms with E-state index in [-0.39, 0.29) is 0 Å².